The molecule has 0 atom stereocenters. The number of rotatable bonds is 2. The predicted octanol–water partition coefficient (Wildman–Crippen LogP) is 3.09. The molecule has 0 aromatic carbocycles. The summed E-state index contributed by atoms with van der Waals surface area (Å²) in [5.41, 5.74) is -0.623. The fourth-order valence-corrected chi connectivity index (χ4v) is 1.41. The summed E-state index contributed by atoms with van der Waals surface area (Å²) in [4.78, 5) is 5.42. The molecular formula is C12H12F3N3. The summed E-state index contributed by atoms with van der Waals surface area (Å²) in [7, 11) is 3.22. The third-order valence-corrected chi connectivity index (χ3v) is 2.36. The molecule has 0 radical (unpaired) electrons. The Morgan fingerprint density at radius 3 is 2.50 bits per heavy atom. The second-order valence-electron chi connectivity index (χ2n) is 3.94. The van der Waals surface area contributed by atoms with Crippen LogP contribution in [0, 0.1) is 11.3 Å². The van der Waals surface area contributed by atoms with Crippen molar-refractivity contribution in [3.8, 4) is 6.07 Å². The Hall–Kier alpha value is -2.03. The monoisotopic (exact) mass is 255 g/mol. The van der Waals surface area contributed by atoms with Gasteiger partial charge in [0.2, 0.25) is 0 Å². The molecule has 0 saturated carbocycles. The molecule has 0 fully saturated rings. The van der Waals surface area contributed by atoms with E-state index >= 15 is 0 Å². The molecule has 0 aliphatic carbocycles. The van der Waals surface area contributed by atoms with Gasteiger partial charge in [0.25, 0.3) is 0 Å². The molecule has 1 aromatic rings. The summed E-state index contributed by atoms with van der Waals surface area (Å²) < 4.78 is 38.8. The largest absolute Gasteiger partial charge is 0.417 e. The first-order chi connectivity index (χ1) is 8.27. The van der Waals surface area contributed by atoms with Crippen LogP contribution in [0.2, 0.25) is 0 Å². The molecule has 18 heavy (non-hydrogen) atoms. The molecule has 0 aliphatic heterocycles. The van der Waals surface area contributed by atoms with Crippen molar-refractivity contribution in [3.05, 3.63) is 29.5 Å². The van der Waals surface area contributed by atoms with Crippen LogP contribution in [-0.2, 0) is 6.18 Å². The van der Waals surface area contributed by atoms with Gasteiger partial charge in [-0.05, 0) is 18.6 Å². The van der Waals surface area contributed by atoms with E-state index in [4.69, 9.17) is 5.26 Å². The zero-order valence-corrected chi connectivity index (χ0v) is 10.2. The first-order valence-electron chi connectivity index (χ1n) is 5.08. The van der Waals surface area contributed by atoms with Crippen molar-refractivity contribution in [2.45, 2.75) is 13.1 Å². The van der Waals surface area contributed by atoms with Crippen molar-refractivity contribution in [2.75, 3.05) is 19.0 Å². The number of hydrogen-bond donors (Lipinski definition) is 0. The van der Waals surface area contributed by atoms with E-state index in [9.17, 15) is 13.2 Å². The maximum Gasteiger partial charge on any atom is 0.417 e. The van der Waals surface area contributed by atoms with E-state index in [-0.39, 0.29) is 17.0 Å². The van der Waals surface area contributed by atoms with Crippen LogP contribution in [0.1, 0.15) is 18.1 Å². The van der Waals surface area contributed by atoms with Crippen LogP contribution in [0.25, 0.3) is 5.57 Å². The number of nitriles is 1. The topological polar surface area (TPSA) is 39.9 Å². The van der Waals surface area contributed by atoms with Gasteiger partial charge in [-0.2, -0.15) is 18.4 Å². The van der Waals surface area contributed by atoms with Crippen molar-refractivity contribution < 1.29 is 13.2 Å². The summed E-state index contributed by atoms with van der Waals surface area (Å²) in [6.07, 6.45) is -2.27. The standard InChI is InChI=1S/C12H12F3N3/c1-8(4-5-16)9-7-17-11(18(2)3)6-10(9)12(13,14)15/h4,6-7H,1-3H3. The molecule has 96 valence electrons. The van der Waals surface area contributed by atoms with Gasteiger partial charge in [-0.3, -0.25) is 0 Å². The molecule has 6 heteroatoms. The van der Waals surface area contributed by atoms with E-state index in [2.05, 4.69) is 4.98 Å². The number of alkyl halides is 3. The third kappa shape index (κ3) is 3.00. The maximum atomic E-state index is 12.9. The Morgan fingerprint density at radius 1 is 1.44 bits per heavy atom. The van der Waals surface area contributed by atoms with E-state index in [0.717, 1.165) is 18.3 Å². The number of pyridine rings is 1. The molecule has 0 spiro atoms. The highest BCUT2D eigenvalue weighted by Gasteiger charge is 2.34. The molecule has 1 heterocycles. The number of anilines is 1. The molecule has 3 nitrogen and oxygen atoms in total. The summed E-state index contributed by atoms with van der Waals surface area (Å²) in [6.45, 7) is 1.45. The van der Waals surface area contributed by atoms with Gasteiger partial charge in [0, 0.05) is 31.9 Å². The average Bonchev–Trinajstić information content (AvgIpc) is 2.27. The summed E-state index contributed by atoms with van der Waals surface area (Å²) in [5.74, 6) is 0.218. The lowest BCUT2D eigenvalue weighted by atomic mass is 10.0. The van der Waals surface area contributed by atoms with Crippen molar-refractivity contribution in [3.63, 3.8) is 0 Å². The van der Waals surface area contributed by atoms with Crippen LogP contribution in [0.15, 0.2) is 18.3 Å². The molecule has 1 rings (SSSR count). The van der Waals surface area contributed by atoms with E-state index in [1.807, 2.05) is 0 Å². The quantitative estimate of drug-likeness (QED) is 0.762. The Labute approximate surface area is 103 Å². The molecule has 0 amide bonds. The minimum atomic E-state index is -4.48. The van der Waals surface area contributed by atoms with E-state index < -0.39 is 11.7 Å². The molecule has 0 aliphatic rings. The second kappa shape index (κ2) is 5.08. The number of halogens is 3. The molecule has 1 aromatic heterocycles. The average molecular weight is 255 g/mol. The highest BCUT2D eigenvalue weighted by atomic mass is 19.4. The van der Waals surface area contributed by atoms with Gasteiger partial charge in [-0.15, -0.1) is 0 Å². The highest BCUT2D eigenvalue weighted by Crippen LogP contribution is 2.36. The zero-order chi connectivity index (χ0) is 13.9. The van der Waals surface area contributed by atoms with Crippen LogP contribution in [0.5, 0.6) is 0 Å². The van der Waals surface area contributed by atoms with Gasteiger partial charge >= 0.3 is 6.18 Å². The van der Waals surface area contributed by atoms with Crippen LogP contribution in [0.4, 0.5) is 19.0 Å². The van der Waals surface area contributed by atoms with E-state index in [1.165, 1.54) is 11.8 Å². The van der Waals surface area contributed by atoms with Crippen molar-refractivity contribution >= 4 is 11.4 Å². The number of allylic oxidation sites excluding steroid dienone is 2. The zero-order valence-electron chi connectivity index (χ0n) is 10.2. The molecule has 0 saturated heterocycles. The molecule has 0 unspecified atom stereocenters. The summed E-state index contributed by atoms with van der Waals surface area (Å²) in [6, 6.07) is 2.69. The molecular weight excluding hydrogens is 243 g/mol. The van der Waals surface area contributed by atoms with Gasteiger partial charge in [-0.25, -0.2) is 4.98 Å². The summed E-state index contributed by atoms with van der Waals surface area (Å²) in [5, 5.41) is 8.50. The first kappa shape index (κ1) is 14.0. The SMILES string of the molecule is CC(=CC#N)c1cnc(N(C)C)cc1C(F)(F)F. The lowest BCUT2D eigenvalue weighted by molar-refractivity contribution is -0.137. The highest BCUT2D eigenvalue weighted by molar-refractivity contribution is 5.69. The van der Waals surface area contributed by atoms with Gasteiger partial charge in [0.15, 0.2) is 0 Å². The normalized spacial score (nSPS) is 12.2. The lowest BCUT2D eigenvalue weighted by Gasteiger charge is -2.17. The summed E-state index contributed by atoms with van der Waals surface area (Å²) >= 11 is 0. The van der Waals surface area contributed by atoms with E-state index in [0.29, 0.717) is 0 Å². The van der Waals surface area contributed by atoms with Gasteiger partial charge in [0.05, 0.1) is 11.6 Å². The number of aromatic nitrogens is 1. The van der Waals surface area contributed by atoms with Crippen LogP contribution < -0.4 is 4.90 Å². The fraction of sp³-hybridized carbons (Fsp3) is 0.333. The maximum absolute atomic E-state index is 12.9. The van der Waals surface area contributed by atoms with E-state index in [1.54, 1.807) is 20.2 Å². The number of hydrogen-bond acceptors (Lipinski definition) is 3. The molecule has 0 N–H and O–H groups in total. The smallest absolute Gasteiger partial charge is 0.363 e. The van der Waals surface area contributed by atoms with Crippen molar-refractivity contribution in [1.82, 2.24) is 4.98 Å². The Morgan fingerprint density at radius 2 is 2.06 bits per heavy atom. The van der Waals surface area contributed by atoms with Crippen LogP contribution in [0.3, 0.4) is 0 Å². The van der Waals surface area contributed by atoms with Gasteiger partial charge < -0.3 is 4.90 Å². The van der Waals surface area contributed by atoms with Crippen molar-refractivity contribution in [1.29, 1.82) is 5.26 Å². The Kier molecular flexibility index (Phi) is 3.96. The van der Waals surface area contributed by atoms with Crippen LogP contribution >= 0.6 is 0 Å². The third-order valence-electron chi connectivity index (χ3n) is 2.36. The Bertz CT molecular complexity index is 510. The van der Waals surface area contributed by atoms with Crippen LogP contribution in [-0.4, -0.2) is 19.1 Å². The minimum Gasteiger partial charge on any atom is -0.363 e. The second-order valence-corrected chi connectivity index (χ2v) is 3.94. The molecule has 0 bridgehead atoms. The minimum absolute atomic E-state index is 0.0744. The lowest BCUT2D eigenvalue weighted by Crippen LogP contribution is -2.15. The van der Waals surface area contributed by atoms with Crippen molar-refractivity contribution in [2.24, 2.45) is 0 Å². The fourth-order valence-electron chi connectivity index (χ4n) is 1.41. The Balaban J connectivity index is 3.45. The van der Waals surface area contributed by atoms with Gasteiger partial charge in [0.1, 0.15) is 5.82 Å². The predicted molar refractivity (Wildman–Crippen MR) is 62.8 cm³/mol. The first-order valence-corrected chi connectivity index (χ1v) is 5.08. The number of nitrogens with zero attached hydrogens (tertiary/aromatic N) is 3. The van der Waals surface area contributed by atoms with Gasteiger partial charge in [-0.1, -0.05) is 0 Å².